The molecule has 0 aromatic carbocycles. The zero-order chi connectivity index (χ0) is 10.2. The molecule has 0 aromatic rings. The van der Waals surface area contributed by atoms with Gasteiger partial charge in [0.15, 0.2) is 0 Å². The molecule has 1 nitrogen and oxygen atoms in total. The van der Waals surface area contributed by atoms with Crippen LogP contribution in [0.3, 0.4) is 0 Å². The summed E-state index contributed by atoms with van der Waals surface area (Å²) in [5.74, 6) is 1.70. The second-order valence-corrected chi connectivity index (χ2v) is 6.24. The largest absolute Gasteiger partial charge is 0.291 e. The molecule has 0 radical (unpaired) electrons. The van der Waals surface area contributed by atoms with Crippen molar-refractivity contribution in [2.75, 3.05) is 13.1 Å². The van der Waals surface area contributed by atoms with E-state index in [0.717, 1.165) is 11.8 Å². The molecule has 1 saturated carbocycles. The molecule has 3 atom stereocenters. The van der Waals surface area contributed by atoms with E-state index in [9.17, 15) is 0 Å². The van der Waals surface area contributed by atoms with Gasteiger partial charge >= 0.3 is 0 Å². The first-order chi connectivity index (χ1) is 6.65. The van der Waals surface area contributed by atoms with Crippen LogP contribution in [0.1, 0.15) is 46.0 Å². The van der Waals surface area contributed by atoms with E-state index >= 15 is 0 Å². The lowest BCUT2D eigenvalue weighted by atomic mass is 9.80. The van der Waals surface area contributed by atoms with Crippen LogP contribution in [0.2, 0.25) is 0 Å². The Bertz CT molecular complexity index is 188. The van der Waals surface area contributed by atoms with Gasteiger partial charge in [0.1, 0.15) is 0 Å². The van der Waals surface area contributed by atoms with Gasteiger partial charge in [-0.2, -0.15) is 0 Å². The van der Waals surface area contributed by atoms with Gasteiger partial charge in [-0.15, -0.1) is 9.24 Å². The minimum atomic E-state index is 0.431. The molecule has 2 heteroatoms. The van der Waals surface area contributed by atoms with Gasteiger partial charge in [0.25, 0.3) is 0 Å². The molecule has 1 aliphatic heterocycles. The minimum absolute atomic E-state index is 0.431. The first-order valence-electron chi connectivity index (χ1n) is 6.19. The molecule has 2 fully saturated rings. The molecular weight excluding hydrogens is 189 g/mol. The Morgan fingerprint density at radius 1 is 1.00 bits per heavy atom. The molecule has 1 aliphatic carbocycles. The monoisotopic (exact) mass is 213 g/mol. The molecule has 0 amide bonds. The molecule has 82 valence electrons. The van der Waals surface area contributed by atoms with Gasteiger partial charge in [0, 0.05) is 18.4 Å². The Labute approximate surface area is 90.8 Å². The Morgan fingerprint density at radius 2 is 1.50 bits per heavy atom. The second kappa shape index (κ2) is 4.10. The molecule has 14 heavy (non-hydrogen) atoms. The SMILES string of the molecule is CC1CCCCCC(C)C1(P)N1CC1. The van der Waals surface area contributed by atoms with E-state index in [1.54, 1.807) is 0 Å². The predicted molar refractivity (Wildman–Crippen MR) is 65.4 cm³/mol. The van der Waals surface area contributed by atoms with Gasteiger partial charge in [-0.1, -0.05) is 33.1 Å². The van der Waals surface area contributed by atoms with Crippen molar-refractivity contribution in [3.05, 3.63) is 0 Å². The minimum Gasteiger partial charge on any atom is -0.291 e. The summed E-state index contributed by atoms with van der Waals surface area (Å²) in [6, 6.07) is 0. The Morgan fingerprint density at radius 3 is 1.93 bits per heavy atom. The van der Waals surface area contributed by atoms with Crippen LogP contribution >= 0.6 is 9.24 Å². The fourth-order valence-electron chi connectivity index (χ4n) is 3.09. The van der Waals surface area contributed by atoms with Crippen LogP contribution < -0.4 is 0 Å². The molecule has 3 unspecified atom stereocenters. The Kier molecular flexibility index (Phi) is 3.19. The van der Waals surface area contributed by atoms with Crippen LogP contribution in [-0.4, -0.2) is 23.3 Å². The van der Waals surface area contributed by atoms with Crippen molar-refractivity contribution >= 4 is 9.24 Å². The summed E-state index contributed by atoms with van der Waals surface area (Å²) in [5, 5.41) is 0.431. The van der Waals surface area contributed by atoms with Crippen molar-refractivity contribution < 1.29 is 0 Å². The zero-order valence-corrected chi connectivity index (χ0v) is 10.8. The molecule has 1 heterocycles. The summed E-state index contributed by atoms with van der Waals surface area (Å²) in [4.78, 5) is 2.66. The van der Waals surface area contributed by atoms with Crippen LogP contribution in [-0.2, 0) is 0 Å². The highest BCUT2D eigenvalue weighted by atomic mass is 31.0. The van der Waals surface area contributed by atoms with Gasteiger partial charge in [-0.3, -0.25) is 4.90 Å². The van der Waals surface area contributed by atoms with E-state index in [-0.39, 0.29) is 0 Å². The average molecular weight is 213 g/mol. The summed E-state index contributed by atoms with van der Waals surface area (Å²) < 4.78 is 0. The lowest BCUT2D eigenvalue weighted by molar-refractivity contribution is 0.144. The van der Waals surface area contributed by atoms with Gasteiger partial charge in [-0.05, 0) is 24.7 Å². The van der Waals surface area contributed by atoms with E-state index in [1.807, 2.05) is 0 Å². The third kappa shape index (κ3) is 1.86. The van der Waals surface area contributed by atoms with Gasteiger partial charge < -0.3 is 0 Å². The quantitative estimate of drug-likeness (QED) is 0.478. The maximum Gasteiger partial charge on any atom is 0.0402 e. The maximum atomic E-state index is 3.20. The van der Waals surface area contributed by atoms with E-state index in [2.05, 4.69) is 28.0 Å². The molecule has 0 bridgehead atoms. The first-order valence-corrected chi connectivity index (χ1v) is 6.77. The van der Waals surface area contributed by atoms with Crippen LogP contribution in [0.5, 0.6) is 0 Å². The lowest BCUT2D eigenvalue weighted by Gasteiger charge is -2.44. The van der Waals surface area contributed by atoms with Crippen molar-refractivity contribution in [1.29, 1.82) is 0 Å². The Hall–Kier alpha value is 0.390. The van der Waals surface area contributed by atoms with Crippen LogP contribution in [0.25, 0.3) is 0 Å². The normalized spacial score (nSPS) is 45.6. The van der Waals surface area contributed by atoms with E-state index in [0.29, 0.717) is 5.28 Å². The molecular formula is C12H24NP. The number of hydrogen-bond acceptors (Lipinski definition) is 1. The summed E-state index contributed by atoms with van der Waals surface area (Å²) in [5.41, 5.74) is 0. The Balaban J connectivity index is 2.12. The zero-order valence-electron chi connectivity index (χ0n) is 9.63. The summed E-state index contributed by atoms with van der Waals surface area (Å²) in [7, 11) is 3.20. The van der Waals surface area contributed by atoms with Crippen molar-refractivity contribution in [2.45, 2.75) is 51.2 Å². The van der Waals surface area contributed by atoms with Crippen LogP contribution in [0.4, 0.5) is 0 Å². The summed E-state index contributed by atoms with van der Waals surface area (Å²) in [6.07, 6.45) is 7.18. The number of hydrogen-bond donors (Lipinski definition) is 0. The van der Waals surface area contributed by atoms with E-state index < -0.39 is 0 Å². The highest BCUT2D eigenvalue weighted by Gasteiger charge is 2.46. The van der Waals surface area contributed by atoms with Gasteiger partial charge in [0.2, 0.25) is 0 Å². The average Bonchev–Trinajstić information content (AvgIpc) is 2.97. The molecule has 0 N–H and O–H groups in total. The van der Waals surface area contributed by atoms with E-state index in [4.69, 9.17) is 0 Å². The second-order valence-electron chi connectivity index (χ2n) is 5.31. The topological polar surface area (TPSA) is 3.01 Å². The standard InChI is InChI=1S/C12H24NP/c1-10-6-4-3-5-7-11(2)12(10,14)13-8-9-13/h10-11H,3-9,14H2,1-2H3. The van der Waals surface area contributed by atoms with Crippen molar-refractivity contribution in [3.63, 3.8) is 0 Å². The van der Waals surface area contributed by atoms with Crippen molar-refractivity contribution in [3.8, 4) is 0 Å². The highest BCUT2D eigenvalue weighted by molar-refractivity contribution is 7.19. The molecule has 0 aromatic heterocycles. The smallest absolute Gasteiger partial charge is 0.0402 e. The molecule has 2 aliphatic rings. The van der Waals surface area contributed by atoms with Crippen LogP contribution in [0, 0.1) is 11.8 Å². The summed E-state index contributed by atoms with van der Waals surface area (Å²) >= 11 is 0. The van der Waals surface area contributed by atoms with Crippen LogP contribution in [0.15, 0.2) is 0 Å². The van der Waals surface area contributed by atoms with E-state index in [1.165, 1.54) is 45.2 Å². The third-order valence-electron chi connectivity index (χ3n) is 4.35. The fourth-order valence-corrected chi connectivity index (χ4v) is 3.68. The highest BCUT2D eigenvalue weighted by Crippen LogP contribution is 2.47. The van der Waals surface area contributed by atoms with Gasteiger partial charge in [-0.25, -0.2) is 0 Å². The summed E-state index contributed by atoms with van der Waals surface area (Å²) in [6.45, 7) is 7.57. The first kappa shape index (κ1) is 10.9. The van der Waals surface area contributed by atoms with Gasteiger partial charge in [0.05, 0.1) is 0 Å². The molecule has 1 saturated heterocycles. The number of nitrogens with zero attached hydrogens (tertiary/aromatic N) is 1. The maximum absolute atomic E-state index is 3.20. The van der Waals surface area contributed by atoms with Crippen molar-refractivity contribution in [2.24, 2.45) is 11.8 Å². The third-order valence-corrected chi connectivity index (χ3v) is 5.85. The fraction of sp³-hybridized carbons (Fsp3) is 1.00. The molecule has 2 rings (SSSR count). The molecule has 0 spiro atoms. The number of rotatable bonds is 1. The van der Waals surface area contributed by atoms with Crippen molar-refractivity contribution in [1.82, 2.24) is 4.90 Å². The lowest BCUT2D eigenvalue weighted by Crippen LogP contribution is -2.44. The predicted octanol–water partition coefficient (Wildman–Crippen LogP) is 3.11.